The number of carbonyl (C=O) groups excluding carboxylic acids is 2. The molecule has 0 bridgehead atoms. The summed E-state index contributed by atoms with van der Waals surface area (Å²) in [5, 5.41) is 14.5. The molecule has 135 valence electrons. The Labute approximate surface area is 152 Å². The lowest BCUT2D eigenvalue weighted by Gasteiger charge is -2.21. The molecule has 1 unspecified atom stereocenters. The van der Waals surface area contributed by atoms with E-state index in [1.54, 1.807) is 42.5 Å². The van der Waals surface area contributed by atoms with Gasteiger partial charge in [0, 0.05) is 19.8 Å². The maximum atomic E-state index is 12.6. The average Bonchev–Trinajstić information content (AvgIpc) is 2.62. The van der Waals surface area contributed by atoms with E-state index in [2.05, 4.69) is 16.7 Å². The van der Waals surface area contributed by atoms with Crippen molar-refractivity contribution >= 4 is 17.8 Å². The Morgan fingerprint density at radius 2 is 1.65 bits per heavy atom. The number of carboxylic acid groups (broad SMARTS) is 1. The molecule has 0 aliphatic rings. The van der Waals surface area contributed by atoms with E-state index in [1.807, 2.05) is 12.1 Å². The maximum Gasteiger partial charge on any atom is 0.326 e. The molecule has 2 atom stereocenters. The molecule has 0 saturated carbocycles. The van der Waals surface area contributed by atoms with Gasteiger partial charge in [0.1, 0.15) is 12.1 Å². The minimum atomic E-state index is -1.13. The molecular formula is C20H21N2O4. The van der Waals surface area contributed by atoms with E-state index in [9.17, 15) is 19.5 Å². The highest BCUT2D eigenvalue weighted by Gasteiger charge is 2.26. The third kappa shape index (κ3) is 6.05. The number of benzene rings is 2. The first-order valence-electron chi connectivity index (χ1n) is 8.25. The van der Waals surface area contributed by atoms with E-state index in [0.29, 0.717) is 0 Å². The van der Waals surface area contributed by atoms with Crippen LogP contribution >= 0.6 is 0 Å². The van der Waals surface area contributed by atoms with Crippen molar-refractivity contribution in [2.75, 3.05) is 0 Å². The van der Waals surface area contributed by atoms with Crippen LogP contribution in [0.4, 0.5) is 0 Å². The van der Waals surface area contributed by atoms with Gasteiger partial charge in [-0.1, -0.05) is 54.6 Å². The Balaban J connectivity index is 2.09. The van der Waals surface area contributed by atoms with Gasteiger partial charge < -0.3 is 15.7 Å². The van der Waals surface area contributed by atoms with Crippen LogP contribution in [-0.4, -0.2) is 35.0 Å². The Hall–Kier alpha value is -3.15. The molecule has 0 saturated heterocycles. The molecule has 6 nitrogen and oxygen atoms in total. The van der Waals surface area contributed by atoms with Crippen LogP contribution in [0.1, 0.15) is 18.1 Å². The molecule has 0 aliphatic heterocycles. The second-order valence-electron chi connectivity index (χ2n) is 5.93. The molecule has 6 heteroatoms. The van der Waals surface area contributed by atoms with Gasteiger partial charge in [0.05, 0.1) is 0 Å². The van der Waals surface area contributed by atoms with Gasteiger partial charge in [-0.3, -0.25) is 9.59 Å². The molecule has 2 aromatic carbocycles. The van der Waals surface area contributed by atoms with E-state index in [0.717, 1.165) is 11.1 Å². The molecule has 0 spiro atoms. The van der Waals surface area contributed by atoms with Gasteiger partial charge in [-0.2, -0.15) is 0 Å². The van der Waals surface area contributed by atoms with Crippen LogP contribution in [0.5, 0.6) is 0 Å². The normalized spacial score (nSPS) is 12.7. The SMILES string of the molecule is CC(=O)NC(Cc1[c]cccc1)C(=O)N[C@@H](Cc1ccccc1)C(=O)O. The summed E-state index contributed by atoms with van der Waals surface area (Å²) in [7, 11) is 0. The molecule has 2 amide bonds. The first-order valence-corrected chi connectivity index (χ1v) is 8.25. The monoisotopic (exact) mass is 353 g/mol. The number of rotatable bonds is 8. The summed E-state index contributed by atoms with van der Waals surface area (Å²) in [4.78, 5) is 35.6. The number of carboxylic acids is 1. The lowest BCUT2D eigenvalue weighted by molar-refractivity contribution is -0.142. The molecule has 26 heavy (non-hydrogen) atoms. The smallest absolute Gasteiger partial charge is 0.326 e. The largest absolute Gasteiger partial charge is 0.480 e. The molecule has 0 aliphatic carbocycles. The average molecular weight is 353 g/mol. The van der Waals surface area contributed by atoms with Gasteiger partial charge in [0.25, 0.3) is 0 Å². The van der Waals surface area contributed by atoms with Crippen LogP contribution in [-0.2, 0) is 27.2 Å². The van der Waals surface area contributed by atoms with Crippen molar-refractivity contribution in [3.05, 3.63) is 71.8 Å². The predicted octanol–water partition coefficient (Wildman–Crippen LogP) is 1.35. The van der Waals surface area contributed by atoms with Crippen molar-refractivity contribution in [1.82, 2.24) is 10.6 Å². The summed E-state index contributed by atoms with van der Waals surface area (Å²) >= 11 is 0. The van der Waals surface area contributed by atoms with Crippen LogP contribution in [0, 0.1) is 6.07 Å². The van der Waals surface area contributed by atoms with E-state index in [4.69, 9.17) is 0 Å². The number of amides is 2. The van der Waals surface area contributed by atoms with Gasteiger partial charge in [-0.15, -0.1) is 0 Å². The zero-order valence-electron chi connectivity index (χ0n) is 14.4. The number of carbonyl (C=O) groups is 3. The van der Waals surface area contributed by atoms with Gasteiger partial charge in [-0.05, 0) is 17.2 Å². The van der Waals surface area contributed by atoms with Crippen molar-refractivity contribution in [2.24, 2.45) is 0 Å². The van der Waals surface area contributed by atoms with Crippen LogP contribution in [0.2, 0.25) is 0 Å². The first kappa shape index (κ1) is 19.2. The van der Waals surface area contributed by atoms with Crippen molar-refractivity contribution in [3.8, 4) is 0 Å². The van der Waals surface area contributed by atoms with E-state index < -0.39 is 24.0 Å². The molecular weight excluding hydrogens is 332 g/mol. The Kier molecular flexibility index (Phi) is 6.91. The third-order valence-electron chi connectivity index (χ3n) is 3.79. The zero-order chi connectivity index (χ0) is 18.9. The van der Waals surface area contributed by atoms with E-state index in [-0.39, 0.29) is 18.7 Å². The summed E-state index contributed by atoms with van der Waals surface area (Å²) in [6, 6.07) is 17.2. The fourth-order valence-corrected chi connectivity index (χ4v) is 2.55. The van der Waals surface area contributed by atoms with E-state index >= 15 is 0 Å². The second kappa shape index (κ2) is 9.36. The highest BCUT2D eigenvalue weighted by molar-refractivity contribution is 5.90. The quantitative estimate of drug-likeness (QED) is 0.667. The maximum absolute atomic E-state index is 12.6. The lowest BCUT2D eigenvalue weighted by atomic mass is 10.0. The lowest BCUT2D eigenvalue weighted by Crippen LogP contribution is -2.52. The molecule has 2 rings (SSSR count). The molecule has 1 radical (unpaired) electrons. The predicted molar refractivity (Wildman–Crippen MR) is 96.3 cm³/mol. The van der Waals surface area contributed by atoms with Crippen LogP contribution in [0.25, 0.3) is 0 Å². The highest BCUT2D eigenvalue weighted by Crippen LogP contribution is 2.06. The Morgan fingerprint density at radius 1 is 0.962 bits per heavy atom. The topological polar surface area (TPSA) is 95.5 Å². The van der Waals surface area contributed by atoms with Gasteiger partial charge >= 0.3 is 5.97 Å². The summed E-state index contributed by atoms with van der Waals surface area (Å²) in [6.07, 6.45) is 0.385. The highest BCUT2D eigenvalue weighted by atomic mass is 16.4. The summed E-state index contributed by atoms with van der Waals surface area (Å²) in [6.45, 7) is 1.31. The van der Waals surface area contributed by atoms with Crippen molar-refractivity contribution < 1.29 is 19.5 Å². The van der Waals surface area contributed by atoms with Crippen molar-refractivity contribution in [2.45, 2.75) is 31.8 Å². The van der Waals surface area contributed by atoms with Crippen LogP contribution in [0.3, 0.4) is 0 Å². The molecule has 0 heterocycles. The zero-order valence-corrected chi connectivity index (χ0v) is 14.4. The third-order valence-corrected chi connectivity index (χ3v) is 3.79. The molecule has 0 aromatic heterocycles. The number of aliphatic carboxylic acids is 1. The summed E-state index contributed by atoms with van der Waals surface area (Å²) in [5.74, 6) is -2.04. The van der Waals surface area contributed by atoms with Gasteiger partial charge in [0.2, 0.25) is 11.8 Å². The standard InChI is InChI=1S/C20H21N2O4/c1-14(23)21-17(12-15-8-4-2-5-9-15)19(24)22-18(20(25)26)13-16-10-6-3-7-11-16/h2-8,10-11,17-18H,12-13H2,1H3,(H,21,23)(H,22,24)(H,25,26)/t17?,18-/m0/s1. The van der Waals surface area contributed by atoms with Crippen molar-refractivity contribution in [3.63, 3.8) is 0 Å². The summed E-state index contributed by atoms with van der Waals surface area (Å²) in [5.41, 5.74) is 1.55. The first-order chi connectivity index (χ1) is 12.5. The minimum absolute atomic E-state index is 0.159. The molecule has 2 aromatic rings. The molecule has 3 N–H and O–H groups in total. The van der Waals surface area contributed by atoms with Crippen molar-refractivity contribution in [1.29, 1.82) is 0 Å². The fraction of sp³-hybridized carbons (Fsp3) is 0.250. The molecule has 0 fully saturated rings. The Bertz CT molecular complexity index is 747. The number of hydrogen-bond acceptors (Lipinski definition) is 3. The second-order valence-corrected chi connectivity index (χ2v) is 5.93. The van der Waals surface area contributed by atoms with Crippen LogP contribution in [0.15, 0.2) is 54.6 Å². The minimum Gasteiger partial charge on any atom is -0.480 e. The van der Waals surface area contributed by atoms with Gasteiger partial charge in [-0.25, -0.2) is 4.79 Å². The number of hydrogen-bond donors (Lipinski definition) is 3. The number of nitrogens with one attached hydrogen (secondary N) is 2. The van der Waals surface area contributed by atoms with Gasteiger partial charge in [0.15, 0.2) is 0 Å². The fourth-order valence-electron chi connectivity index (χ4n) is 2.55. The Morgan fingerprint density at radius 3 is 2.23 bits per heavy atom. The van der Waals surface area contributed by atoms with E-state index in [1.165, 1.54) is 6.92 Å². The van der Waals surface area contributed by atoms with Crippen LogP contribution < -0.4 is 10.6 Å². The summed E-state index contributed by atoms with van der Waals surface area (Å²) < 4.78 is 0.